The maximum Gasteiger partial charge on any atom is 0.279 e. The maximum absolute atomic E-state index is 13.1. The molecule has 0 bridgehead atoms. The Hall–Kier alpha value is -3.61. The molecule has 7 heteroatoms. The van der Waals surface area contributed by atoms with Gasteiger partial charge in [-0.05, 0) is 31.0 Å². The topological polar surface area (TPSA) is 85.2 Å². The Morgan fingerprint density at radius 1 is 1.17 bits per heavy atom. The molecular formula is C22H22N4O3. The summed E-state index contributed by atoms with van der Waals surface area (Å²) in [4.78, 5) is 25.7. The number of rotatable bonds is 5. The largest absolute Gasteiger partial charge is 0.466 e. The number of fused-ring (bicyclic) bond motifs is 1. The second kappa shape index (κ2) is 7.43. The average molecular weight is 390 g/mol. The molecule has 29 heavy (non-hydrogen) atoms. The fraction of sp³-hybridized carbons (Fsp3) is 0.227. The van der Waals surface area contributed by atoms with Gasteiger partial charge in [-0.15, -0.1) is 0 Å². The summed E-state index contributed by atoms with van der Waals surface area (Å²) >= 11 is 0. The number of carbonyl (C=O) groups is 2. The van der Waals surface area contributed by atoms with E-state index in [0.717, 1.165) is 12.0 Å². The van der Waals surface area contributed by atoms with Crippen molar-refractivity contribution in [2.75, 3.05) is 10.6 Å². The van der Waals surface area contributed by atoms with Crippen LogP contribution in [0.4, 0.5) is 11.5 Å². The first kappa shape index (κ1) is 18.7. The first-order valence-electron chi connectivity index (χ1n) is 9.52. The first-order chi connectivity index (χ1) is 14.0. The van der Waals surface area contributed by atoms with Crippen molar-refractivity contribution in [2.24, 2.45) is 0 Å². The predicted molar refractivity (Wildman–Crippen MR) is 110 cm³/mol. The predicted octanol–water partition coefficient (Wildman–Crippen LogP) is 3.61. The fourth-order valence-corrected chi connectivity index (χ4v) is 3.44. The minimum Gasteiger partial charge on any atom is -0.466 e. The van der Waals surface area contributed by atoms with Gasteiger partial charge in [0.1, 0.15) is 11.6 Å². The van der Waals surface area contributed by atoms with Crippen LogP contribution in [0, 0.1) is 0 Å². The Morgan fingerprint density at radius 2 is 1.90 bits per heavy atom. The zero-order valence-corrected chi connectivity index (χ0v) is 16.3. The van der Waals surface area contributed by atoms with Gasteiger partial charge < -0.3 is 15.4 Å². The van der Waals surface area contributed by atoms with Crippen LogP contribution < -0.4 is 15.4 Å². The molecule has 1 aliphatic rings. The molecule has 0 saturated carbocycles. The van der Waals surface area contributed by atoms with Crippen LogP contribution >= 0.6 is 0 Å². The van der Waals surface area contributed by atoms with E-state index in [1.807, 2.05) is 30.3 Å². The molecule has 2 aromatic carbocycles. The van der Waals surface area contributed by atoms with E-state index in [2.05, 4.69) is 22.7 Å². The maximum atomic E-state index is 13.1. The van der Waals surface area contributed by atoms with Crippen molar-refractivity contribution in [3.05, 3.63) is 72.4 Å². The van der Waals surface area contributed by atoms with Crippen molar-refractivity contribution in [3.8, 4) is 5.75 Å². The summed E-state index contributed by atoms with van der Waals surface area (Å²) in [7, 11) is 0. The van der Waals surface area contributed by atoms with Gasteiger partial charge in [-0.2, -0.15) is 5.10 Å². The SMILES string of the molecule is CCC(c1ccccc1)n1nccc1NC(=O)C1(C)Oc2ccccc2NC1=O. The summed E-state index contributed by atoms with van der Waals surface area (Å²) in [5.74, 6) is -0.125. The van der Waals surface area contributed by atoms with E-state index in [1.165, 1.54) is 6.92 Å². The molecule has 2 atom stereocenters. The first-order valence-corrected chi connectivity index (χ1v) is 9.52. The van der Waals surface area contributed by atoms with E-state index in [9.17, 15) is 9.59 Å². The number of nitrogens with zero attached hydrogens (tertiary/aromatic N) is 2. The van der Waals surface area contributed by atoms with Gasteiger partial charge in [0.15, 0.2) is 0 Å². The summed E-state index contributed by atoms with van der Waals surface area (Å²) in [6.45, 7) is 3.52. The second-order valence-corrected chi connectivity index (χ2v) is 7.04. The Balaban J connectivity index is 1.60. The van der Waals surface area contributed by atoms with E-state index in [4.69, 9.17) is 4.74 Å². The number of amides is 2. The third-order valence-electron chi connectivity index (χ3n) is 5.09. The highest BCUT2D eigenvalue weighted by Gasteiger charge is 2.47. The van der Waals surface area contributed by atoms with Crippen LogP contribution in [0.3, 0.4) is 0 Å². The van der Waals surface area contributed by atoms with Gasteiger partial charge in [-0.1, -0.05) is 49.4 Å². The van der Waals surface area contributed by atoms with Crippen molar-refractivity contribution in [2.45, 2.75) is 31.9 Å². The molecule has 148 valence electrons. The molecule has 4 rings (SSSR count). The van der Waals surface area contributed by atoms with Crippen LogP contribution in [-0.2, 0) is 9.59 Å². The summed E-state index contributed by atoms with van der Waals surface area (Å²) in [5, 5.41) is 9.96. The highest BCUT2D eigenvalue weighted by molar-refractivity contribution is 6.18. The number of anilines is 2. The molecule has 1 aliphatic heterocycles. The van der Waals surface area contributed by atoms with Crippen molar-refractivity contribution in [1.82, 2.24) is 9.78 Å². The minimum atomic E-state index is -1.70. The number of benzene rings is 2. The zero-order chi connectivity index (χ0) is 20.4. The zero-order valence-electron chi connectivity index (χ0n) is 16.3. The highest BCUT2D eigenvalue weighted by atomic mass is 16.5. The third-order valence-corrected chi connectivity index (χ3v) is 5.09. The minimum absolute atomic E-state index is 0.0452. The average Bonchev–Trinajstić information content (AvgIpc) is 3.18. The molecule has 0 saturated heterocycles. The van der Waals surface area contributed by atoms with Crippen LogP contribution in [0.2, 0.25) is 0 Å². The number of nitrogens with one attached hydrogen (secondary N) is 2. The van der Waals surface area contributed by atoms with Gasteiger partial charge in [0.05, 0.1) is 17.9 Å². The normalized spacial score (nSPS) is 18.9. The Labute approximate surface area is 168 Å². The molecule has 2 unspecified atom stereocenters. The van der Waals surface area contributed by atoms with Crippen LogP contribution in [-0.4, -0.2) is 27.2 Å². The van der Waals surface area contributed by atoms with Crippen LogP contribution in [0.5, 0.6) is 5.75 Å². The van der Waals surface area contributed by atoms with Crippen molar-refractivity contribution >= 4 is 23.3 Å². The molecule has 2 amide bonds. The molecule has 7 nitrogen and oxygen atoms in total. The van der Waals surface area contributed by atoms with E-state index >= 15 is 0 Å². The number of para-hydroxylation sites is 2. The van der Waals surface area contributed by atoms with Crippen LogP contribution in [0.1, 0.15) is 31.9 Å². The lowest BCUT2D eigenvalue weighted by atomic mass is 10.0. The van der Waals surface area contributed by atoms with Gasteiger partial charge in [-0.25, -0.2) is 4.68 Å². The van der Waals surface area contributed by atoms with Crippen molar-refractivity contribution < 1.29 is 14.3 Å². The van der Waals surface area contributed by atoms with E-state index in [1.54, 1.807) is 41.2 Å². The standard InChI is InChI=1S/C22H22N4O3/c1-3-17(15-9-5-4-6-10-15)26-19(13-14-23-26)25-21(28)22(2)20(27)24-16-11-7-8-12-18(16)29-22/h4-14,17H,3H2,1-2H3,(H,24,27)(H,25,28). The quantitative estimate of drug-likeness (QED) is 0.652. The third kappa shape index (κ3) is 3.35. The lowest BCUT2D eigenvalue weighted by Gasteiger charge is -2.33. The second-order valence-electron chi connectivity index (χ2n) is 7.04. The Morgan fingerprint density at radius 3 is 2.66 bits per heavy atom. The molecule has 0 fully saturated rings. The lowest BCUT2D eigenvalue weighted by Crippen LogP contribution is -2.56. The number of aromatic nitrogens is 2. The van der Waals surface area contributed by atoms with Gasteiger partial charge in [0.2, 0.25) is 0 Å². The Kier molecular flexibility index (Phi) is 4.80. The molecule has 0 aliphatic carbocycles. The van der Waals surface area contributed by atoms with E-state index < -0.39 is 17.4 Å². The molecule has 0 radical (unpaired) electrons. The summed E-state index contributed by atoms with van der Waals surface area (Å²) in [6.07, 6.45) is 2.41. The van der Waals surface area contributed by atoms with Gasteiger partial charge in [0, 0.05) is 6.07 Å². The molecule has 0 spiro atoms. The van der Waals surface area contributed by atoms with Crippen molar-refractivity contribution in [1.29, 1.82) is 0 Å². The van der Waals surface area contributed by atoms with Gasteiger partial charge in [-0.3, -0.25) is 9.59 Å². The van der Waals surface area contributed by atoms with Crippen LogP contribution in [0.25, 0.3) is 0 Å². The highest BCUT2D eigenvalue weighted by Crippen LogP contribution is 2.34. The fourth-order valence-electron chi connectivity index (χ4n) is 3.44. The van der Waals surface area contributed by atoms with Gasteiger partial charge in [0.25, 0.3) is 17.4 Å². The summed E-state index contributed by atoms with van der Waals surface area (Å²) in [6, 6.07) is 18.6. The number of carbonyl (C=O) groups excluding carboxylic acids is 2. The number of hydrogen-bond donors (Lipinski definition) is 2. The summed E-state index contributed by atoms with van der Waals surface area (Å²) < 4.78 is 7.56. The number of hydrogen-bond acceptors (Lipinski definition) is 4. The molecule has 2 heterocycles. The smallest absolute Gasteiger partial charge is 0.279 e. The van der Waals surface area contributed by atoms with Crippen LogP contribution in [0.15, 0.2) is 66.9 Å². The monoisotopic (exact) mass is 390 g/mol. The van der Waals surface area contributed by atoms with Gasteiger partial charge >= 0.3 is 0 Å². The van der Waals surface area contributed by atoms with E-state index in [0.29, 0.717) is 17.3 Å². The van der Waals surface area contributed by atoms with Crippen molar-refractivity contribution in [3.63, 3.8) is 0 Å². The molecule has 1 aromatic heterocycles. The van der Waals surface area contributed by atoms with E-state index in [-0.39, 0.29) is 6.04 Å². The lowest BCUT2D eigenvalue weighted by molar-refractivity contribution is -0.143. The molecule has 3 aromatic rings. The molecular weight excluding hydrogens is 368 g/mol. The molecule has 2 N–H and O–H groups in total. The Bertz CT molecular complexity index is 1050. The summed E-state index contributed by atoms with van der Waals surface area (Å²) in [5.41, 5.74) is -0.0679. The number of ether oxygens (including phenoxy) is 1.